The molecule has 1 aromatic heterocycles. The van der Waals surface area contributed by atoms with Crippen molar-refractivity contribution in [2.75, 3.05) is 0 Å². The molecule has 0 aromatic carbocycles. The van der Waals surface area contributed by atoms with Gasteiger partial charge in [0, 0.05) is 25.0 Å². The van der Waals surface area contributed by atoms with Crippen LogP contribution in [0.1, 0.15) is 89.3 Å². The van der Waals surface area contributed by atoms with Crippen LogP contribution in [-0.4, -0.2) is 0 Å². The largest absolute Gasteiger partial charge is 1.00 e. The molecular weight excluding hydrogens is 334 g/mol. The molecule has 128 valence electrons. The molecule has 0 saturated carbocycles. The van der Waals surface area contributed by atoms with Crippen LogP contribution >= 0.6 is 0 Å². The number of aryl methyl sites for hydroxylation is 2. The van der Waals surface area contributed by atoms with Crippen LogP contribution in [0.3, 0.4) is 0 Å². The molecule has 1 aromatic rings. The second kappa shape index (κ2) is 14.2. The molecule has 0 amide bonds. The van der Waals surface area contributed by atoms with E-state index < -0.39 is 0 Å². The predicted molar refractivity (Wildman–Crippen MR) is 92.6 cm³/mol. The van der Waals surface area contributed by atoms with Crippen LogP contribution in [0.2, 0.25) is 0 Å². The molecule has 22 heavy (non-hydrogen) atoms. The lowest BCUT2D eigenvalue weighted by molar-refractivity contribution is -0.703. The first-order chi connectivity index (χ1) is 10.3. The highest BCUT2D eigenvalue weighted by molar-refractivity contribution is 5.13. The van der Waals surface area contributed by atoms with Crippen molar-refractivity contribution >= 4 is 0 Å². The van der Waals surface area contributed by atoms with E-state index in [1.807, 2.05) is 0 Å². The Morgan fingerprint density at radius 1 is 0.818 bits per heavy atom. The van der Waals surface area contributed by atoms with Crippen molar-refractivity contribution in [3.8, 4) is 0 Å². The SMILES string of the molecule is CCCCCCCCCCCC[n+]1cccc(CC)c1C.[Br-]. The summed E-state index contributed by atoms with van der Waals surface area (Å²) in [5.41, 5.74) is 2.94. The monoisotopic (exact) mass is 369 g/mol. The zero-order valence-corrected chi connectivity index (χ0v) is 16.6. The summed E-state index contributed by atoms with van der Waals surface area (Å²) in [7, 11) is 0. The number of hydrogen-bond donors (Lipinski definition) is 0. The Bertz CT molecular complexity index is 376. The summed E-state index contributed by atoms with van der Waals surface area (Å²) in [5, 5.41) is 0. The van der Waals surface area contributed by atoms with E-state index in [0.29, 0.717) is 0 Å². The maximum absolute atomic E-state index is 2.43. The second-order valence-corrected chi connectivity index (χ2v) is 6.35. The molecule has 1 heterocycles. The lowest BCUT2D eigenvalue weighted by Crippen LogP contribution is -3.00. The summed E-state index contributed by atoms with van der Waals surface area (Å²) >= 11 is 0. The van der Waals surface area contributed by atoms with Gasteiger partial charge in [-0.05, 0) is 18.9 Å². The fraction of sp³-hybridized carbons (Fsp3) is 0.750. The Hall–Kier alpha value is -0.370. The van der Waals surface area contributed by atoms with Crippen molar-refractivity contribution in [2.24, 2.45) is 0 Å². The Kier molecular flexibility index (Phi) is 14.0. The number of rotatable bonds is 12. The molecule has 0 fully saturated rings. The molecule has 0 unspecified atom stereocenters. The lowest BCUT2D eigenvalue weighted by Gasteiger charge is -2.05. The zero-order valence-electron chi connectivity index (χ0n) is 15.0. The number of unbranched alkanes of at least 4 members (excludes halogenated alkanes) is 9. The molecular formula is C20H36BrN. The summed E-state index contributed by atoms with van der Waals surface area (Å²) < 4.78 is 2.43. The number of nitrogens with zero attached hydrogens (tertiary/aromatic N) is 1. The highest BCUT2D eigenvalue weighted by Crippen LogP contribution is 2.10. The minimum absolute atomic E-state index is 0. The first-order valence-corrected chi connectivity index (χ1v) is 9.27. The van der Waals surface area contributed by atoms with Gasteiger partial charge in [-0.25, -0.2) is 4.57 Å². The van der Waals surface area contributed by atoms with Gasteiger partial charge in [0.25, 0.3) is 0 Å². The summed E-state index contributed by atoms with van der Waals surface area (Å²) in [6, 6.07) is 4.45. The third kappa shape index (κ3) is 8.92. The Balaban J connectivity index is 0.00000441. The number of halogens is 1. The Morgan fingerprint density at radius 2 is 1.36 bits per heavy atom. The van der Waals surface area contributed by atoms with Gasteiger partial charge in [0.1, 0.15) is 6.54 Å². The molecule has 0 aliphatic rings. The molecule has 0 N–H and O–H groups in total. The van der Waals surface area contributed by atoms with E-state index in [1.54, 1.807) is 0 Å². The lowest BCUT2D eigenvalue weighted by atomic mass is 10.1. The minimum Gasteiger partial charge on any atom is -1.00 e. The Labute approximate surface area is 149 Å². The van der Waals surface area contributed by atoms with Crippen molar-refractivity contribution < 1.29 is 21.5 Å². The van der Waals surface area contributed by atoms with Gasteiger partial charge in [0.05, 0.1) is 0 Å². The first kappa shape index (κ1) is 21.6. The highest BCUT2D eigenvalue weighted by atomic mass is 79.9. The molecule has 0 spiro atoms. The van der Waals surface area contributed by atoms with Gasteiger partial charge >= 0.3 is 0 Å². The van der Waals surface area contributed by atoms with E-state index in [4.69, 9.17) is 0 Å². The fourth-order valence-electron chi connectivity index (χ4n) is 3.07. The number of hydrogen-bond acceptors (Lipinski definition) is 0. The van der Waals surface area contributed by atoms with Gasteiger partial charge < -0.3 is 17.0 Å². The third-order valence-corrected chi connectivity index (χ3v) is 4.59. The van der Waals surface area contributed by atoms with Gasteiger partial charge in [0.2, 0.25) is 0 Å². The molecule has 0 saturated heterocycles. The summed E-state index contributed by atoms with van der Waals surface area (Å²) in [6.07, 6.45) is 17.5. The van der Waals surface area contributed by atoms with Crippen LogP contribution < -0.4 is 21.5 Å². The molecule has 0 aliphatic carbocycles. The maximum atomic E-state index is 2.43. The van der Waals surface area contributed by atoms with Crippen molar-refractivity contribution in [1.29, 1.82) is 0 Å². The first-order valence-electron chi connectivity index (χ1n) is 9.27. The molecule has 1 rings (SSSR count). The van der Waals surface area contributed by atoms with Gasteiger partial charge in [-0.1, -0.05) is 65.2 Å². The van der Waals surface area contributed by atoms with Gasteiger partial charge in [-0.15, -0.1) is 0 Å². The van der Waals surface area contributed by atoms with Crippen molar-refractivity contribution in [1.82, 2.24) is 0 Å². The maximum Gasteiger partial charge on any atom is 0.181 e. The van der Waals surface area contributed by atoms with Gasteiger partial charge in [-0.2, -0.15) is 0 Å². The van der Waals surface area contributed by atoms with E-state index >= 15 is 0 Å². The second-order valence-electron chi connectivity index (χ2n) is 6.35. The minimum atomic E-state index is 0. The third-order valence-electron chi connectivity index (χ3n) is 4.59. The van der Waals surface area contributed by atoms with Crippen LogP contribution in [0, 0.1) is 6.92 Å². The van der Waals surface area contributed by atoms with E-state index in [0.717, 1.165) is 6.42 Å². The molecule has 1 nitrogen and oxygen atoms in total. The molecule has 0 atom stereocenters. The van der Waals surface area contributed by atoms with E-state index in [9.17, 15) is 0 Å². The summed E-state index contributed by atoms with van der Waals surface area (Å²) in [5.74, 6) is 0. The summed E-state index contributed by atoms with van der Waals surface area (Å²) in [4.78, 5) is 0. The van der Waals surface area contributed by atoms with Gasteiger partial charge in [-0.3, -0.25) is 0 Å². The van der Waals surface area contributed by atoms with Gasteiger partial charge in [0.15, 0.2) is 11.9 Å². The van der Waals surface area contributed by atoms with E-state index in [2.05, 4.69) is 43.7 Å². The van der Waals surface area contributed by atoms with Crippen molar-refractivity contribution in [3.05, 3.63) is 29.6 Å². The standard InChI is InChI=1S/C20H36N.BrH/c1-4-6-7-8-9-10-11-12-13-14-17-21-18-15-16-20(5-2)19(21)3;/h15-16,18H,4-14,17H2,1-3H3;1H/q+1;/p-1. The van der Waals surface area contributed by atoms with Crippen LogP contribution in [0.5, 0.6) is 0 Å². The normalized spacial score (nSPS) is 10.5. The molecule has 0 bridgehead atoms. The number of aromatic nitrogens is 1. The average molecular weight is 370 g/mol. The highest BCUT2D eigenvalue weighted by Gasteiger charge is 2.08. The van der Waals surface area contributed by atoms with Crippen molar-refractivity contribution in [2.45, 2.75) is 97.9 Å². The number of pyridine rings is 1. The predicted octanol–water partition coefficient (Wildman–Crippen LogP) is 2.77. The van der Waals surface area contributed by atoms with Crippen LogP contribution in [-0.2, 0) is 13.0 Å². The fourth-order valence-corrected chi connectivity index (χ4v) is 3.07. The van der Waals surface area contributed by atoms with E-state index in [-0.39, 0.29) is 17.0 Å². The Morgan fingerprint density at radius 3 is 1.91 bits per heavy atom. The molecule has 0 radical (unpaired) electrons. The average Bonchev–Trinajstić information content (AvgIpc) is 2.50. The van der Waals surface area contributed by atoms with Crippen LogP contribution in [0.15, 0.2) is 18.3 Å². The topological polar surface area (TPSA) is 3.88 Å². The molecule has 0 aliphatic heterocycles. The molecule has 2 heteroatoms. The smallest absolute Gasteiger partial charge is 0.181 e. The van der Waals surface area contributed by atoms with Crippen LogP contribution in [0.4, 0.5) is 0 Å². The summed E-state index contributed by atoms with van der Waals surface area (Å²) in [6.45, 7) is 7.98. The van der Waals surface area contributed by atoms with E-state index in [1.165, 1.54) is 82.0 Å². The van der Waals surface area contributed by atoms with Crippen LogP contribution in [0.25, 0.3) is 0 Å². The van der Waals surface area contributed by atoms with Crippen molar-refractivity contribution in [3.63, 3.8) is 0 Å². The quantitative estimate of drug-likeness (QED) is 0.394. The zero-order chi connectivity index (χ0) is 15.3.